The fraction of sp³-hybridized carbons (Fsp3) is 0.125. The van der Waals surface area contributed by atoms with E-state index in [1.165, 1.54) is 0 Å². The Kier molecular flexibility index (Phi) is 6.68. The Morgan fingerprint density at radius 3 is 1.26 bits per heavy atom. The van der Waals surface area contributed by atoms with E-state index in [2.05, 4.69) is 21.3 Å². The molecule has 2 aliphatic carbocycles. The summed E-state index contributed by atoms with van der Waals surface area (Å²) in [7, 11) is -8.68. The average molecular weight is 655 g/mol. The number of sulfonamides is 2. The van der Waals surface area contributed by atoms with Crippen molar-refractivity contribution in [3.63, 3.8) is 0 Å². The van der Waals surface area contributed by atoms with Gasteiger partial charge in [-0.2, -0.15) is 10.2 Å². The highest BCUT2D eigenvalue weighted by atomic mass is 32.2. The number of nitrogens with two attached hydrogens (primary N) is 4. The number of nitrogens with one attached hydrogen (secondary N) is 2. The summed E-state index contributed by atoms with van der Waals surface area (Å²) in [6, 6.07) is 27.0. The molecule has 0 aliphatic heterocycles. The molecule has 4 aromatic rings. The van der Waals surface area contributed by atoms with Gasteiger partial charge in [-0.05, 0) is 33.4 Å². The fourth-order valence-electron chi connectivity index (χ4n) is 6.70. The van der Waals surface area contributed by atoms with Gasteiger partial charge in [0, 0.05) is 24.0 Å². The van der Waals surface area contributed by atoms with E-state index in [1.807, 2.05) is 0 Å². The molecule has 0 saturated heterocycles. The summed E-state index contributed by atoms with van der Waals surface area (Å²) in [6.07, 6.45) is -0.466. The van der Waals surface area contributed by atoms with Crippen molar-refractivity contribution in [3.05, 3.63) is 142 Å². The summed E-state index contributed by atoms with van der Waals surface area (Å²) in [6.45, 7) is 0. The molecule has 10 N–H and O–H groups in total. The Bertz CT molecular complexity index is 2130. The van der Waals surface area contributed by atoms with Crippen LogP contribution in [0.2, 0.25) is 2.82 Å². The molecule has 0 saturated carbocycles. The van der Waals surface area contributed by atoms with Crippen LogP contribution < -0.4 is 21.7 Å². The number of primary sulfonamides is 2. The van der Waals surface area contributed by atoms with Crippen molar-refractivity contribution in [3.8, 4) is 11.1 Å². The van der Waals surface area contributed by atoms with Crippen LogP contribution >= 0.6 is 0 Å². The smallest absolute Gasteiger partial charge is 0.223 e. The maximum absolute atomic E-state index is 13.5. The Balaban J connectivity index is 1.44. The number of fused-ring (bicyclic) bond motifs is 2. The van der Waals surface area contributed by atoms with Gasteiger partial charge in [0.15, 0.2) is 0 Å². The summed E-state index contributed by atoms with van der Waals surface area (Å²) < 4.78 is 64.8. The number of rotatable bonds is 7. The van der Waals surface area contributed by atoms with Gasteiger partial charge in [0.1, 0.15) is 9.49 Å². The highest BCUT2D eigenvalue weighted by Gasteiger charge is 2.51. The molecule has 0 amide bonds. The van der Waals surface area contributed by atoms with E-state index < -0.39 is 29.5 Å². The molecule has 2 aliphatic rings. The number of hydrogen-bond donors (Lipinski definition) is 6. The second kappa shape index (κ2) is 10.8. The molecular formula is C32H30N8O4S2. The SMILES string of the molecule is [H]/N=N/C1=C(N)c2ccccc2C(c2ccc(-c3ccc(C4(S(N)(=O)=O)CC(/N=N/[H])=C(N)c5ccccc54)cc3)cc2)(S(N)(=O)=O)C1. The van der Waals surface area contributed by atoms with E-state index in [-0.39, 0.29) is 35.6 Å². The van der Waals surface area contributed by atoms with Gasteiger partial charge in [-0.3, -0.25) is 0 Å². The Hall–Kier alpha value is -5.02. The minimum absolute atomic E-state index is 0.120. The van der Waals surface area contributed by atoms with Crippen molar-refractivity contribution in [2.24, 2.45) is 32.0 Å². The minimum atomic E-state index is -4.34. The molecule has 4 aromatic carbocycles. The highest BCUT2D eigenvalue weighted by Crippen LogP contribution is 2.50. The molecule has 0 fully saturated rings. The third-order valence-electron chi connectivity index (χ3n) is 9.01. The van der Waals surface area contributed by atoms with Crippen LogP contribution in [0, 0.1) is 11.0 Å². The molecule has 234 valence electrons. The van der Waals surface area contributed by atoms with E-state index in [0.717, 1.165) is 0 Å². The Labute approximate surface area is 268 Å². The van der Waals surface area contributed by atoms with Crippen LogP contribution in [0.3, 0.4) is 0 Å². The zero-order valence-corrected chi connectivity index (χ0v) is 25.8. The lowest BCUT2D eigenvalue weighted by molar-refractivity contribution is 0.544. The predicted molar refractivity (Wildman–Crippen MR) is 174 cm³/mol. The summed E-state index contributed by atoms with van der Waals surface area (Å²) in [5.74, 6) is 0. The minimum Gasteiger partial charge on any atom is -0.397 e. The highest BCUT2D eigenvalue weighted by molar-refractivity contribution is 7.90. The zero-order chi connectivity index (χ0) is 34.5. The maximum Gasteiger partial charge on any atom is 0.223 e. The topological polar surface area (TPSA) is 245 Å². The van der Waals surface area contributed by atoms with Crippen LogP contribution in [0.25, 0.3) is 22.5 Å². The Morgan fingerprint density at radius 2 is 0.935 bits per heavy atom. The third kappa shape index (κ3) is 4.41. The lowest BCUT2D eigenvalue weighted by Crippen LogP contribution is -2.44. The lowest BCUT2D eigenvalue weighted by atomic mass is 9.78. The third-order valence-corrected chi connectivity index (χ3v) is 12.2. The van der Waals surface area contributed by atoms with Gasteiger partial charge in [0.25, 0.3) is 0 Å². The quantitative estimate of drug-likeness (QED) is 0.156. The first kappa shape index (κ1) is 28.5. The van der Waals surface area contributed by atoms with Crippen LogP contribution in [0.4, 0.5) is 0 Å². The number of nitrogens with zero attached hydrogens (tertiary/aromatic N) is 2. The van der Waals surface area contributed by atoms with Gasteiger partial charge >= 0.3 is 0 Å². The summed E-state index contributed by atoms with van der Waals surface area (Å²) in [5, 5.41) is 19.5. The second-order valence-corrected chi connectivity index (χ2v) is 14.8. The van der Waals surface area contributed by atoms with E-state index >= 15 is 0 Å². The number of benzene rings is 4. The monoisotopic (exact) mass is 654 g/mol. The maximum atomic E-state index is 13.5. The molecule has 0 bridgehead atoms. The van der Waals surface area contributed by atoms with Gasteiger partial charge in [-0.1, -0.05) is 97.1 Å². The second-order valence-electron chi connectivity index (χ2n) is 11.3. The van der Waals surface area contributed by atoms with Gasteiger partial charge in [-0.25, -0.2) is 38.2 Å². The average Bonchev–Trinajstić information content (AvgIpc) is 3.07. The van der Waals surface area contributed by atoms with Crippen molar-refractivity contribution in [1.29, 1.82) is 11.0 Å². The van der Waals surface area contributed by atoms with E-state index in [0.29, 0.717) is 44.5 Å². The van der Waals surface area contributed by atoms with Gasteiger partial charge < -0.3 is 11.5 Å². The van der Waals surface area contributed by atoms with Gasteiger partial charge in [0.2, 0.25) is 22.9 Å². The molecule has 0 aromatic heterocycles. The van der Waals surface area contributed by atoms with Crippen LogP contribution in [0.1, 0.15) is 46.2 Å². The summed E-state index contributed by atoms with van der Waals surface area (Å²) in [5.41, 5.74) is 23.2. The number of allylic oxidation sites excluding steroid dienone is 2. The van der Waals surface area contributed by atoms with Crippen molar-refractivity contribution in [2.45, 2.75) is 22.3 Å². The molecule has 12 nitrogen and oxygen atoms in total. The van der Waals surface area contributed by atoms with Gasteiger partial charge in [-0.15, -0.1) is 0 Å². The van der Waals surface area contributed by atoms with Crippen molar-refractivity contribution in [2.75, 3.05) is 0 Å². The van der Waals surface area contributed by atoms with Crippen molar-refractivity contribution in [1.82, 2.24) is 0 Å². The zero-order valence-electron chi connectivity index (χ0n) is 26.2. The predicted octanol–water partition coefficient (Wildman–Crippen LogP) is 4.54. The van der Waals surface area contributed by atoms with Crippen LogP contribution in [-0.2, 0) is 29.5 Å². The fourth-order valence-corrected chi connectivity index (χ4v) is 9.27. The standard InChI is InChI=1S/C32H30N8O4S2/c33-29-23-5-1-3-7-25(23)31(45(37,41)42,17-27(29)39-35)21-13-9-19(10-14-21)20-11-15-22(16-12-20)32(46(38,43)44)18-28(40-36)30(34)24-6-2-4-8-26(24)32/h1-16,35-36H,17-18,33-34H2,(H2,37,41,42)(H2,38,43,44)/b39-35+,40-36+. The first-order chi connectivity index (χ1) is 22.8. The molecule has 0 radical (unpaired) electrons. The first-order valence-corrected chi connectivity index (χ1v) is 17.0. The van der Waals surface area contributed by atoms with Crippen molar-refractivity contribution < 1.29 is 19.7 Å². The molecule has 2 unspecified atom stereocenters. The van der Waals surface area contributed by atoms with Crippen LogP contribution in [-0.4, -0.2) is 16.8 Å². The molecule has 46 heavy (non-hydrogen) atoms. The van der Waals surface area contributed by atoms with Crippen LogP contribution in [0.5, 0.6) is 0 Å². The molecule has 2 atom stereocenters. The summed E-state index contributed by atoms with van der Waals surface area (Å²) >= 11 is 0. The van der Waals surface area contributed by atoms with Gasteiger partial charge in [0.05, 0.1) is 22.8 Å². The van der Waals surface area contributed by atoms with Crippen LogP contribution in [0.15, 0.2) is 119 Å². The summed E-state index contributed by atoms with van der Waals surface area (Å²) in [4.78, 5) is 0. The number of hydrogen-bond acceptors (Lipinski definition) is 10. The molecule has 0 heterocycles. The lowest BCUT2D eigenvalue weighted by Gasteiger charge is -2.37. The normalized spacial score (nSPS) is 22.5. The van der Waals surface area contributed by atoms with Crippen molar-refractivity contribution >= 4 is 31.4 Å². The van der Waals surface area contributed by atoms with E-state index in [9.17, 15) is 16.8 Å². The largest absolute Gasteiger partial charge is 0.397 e. The molecule has 6 rings (SSSR count). The molecule has 0 spiro atoms. The molecular weight excluding hydrogens is 625 g/mol. The molecule has 14 heteroatoms. The Morgan fingerprint density at radius 1 is 0.587 bits per heavy atom. The first-order valence-electron chi connectivity index (χ1n) is 14.8. The van der Waals surface area contributed by atoms with E-state index in [4.69, 9.17) is 24.6 Å². The van der Waals surface area contributed by atoms with E-state index in [1.54, 1.807) is 97.1 Å².